The molecule has 2 fully saturated rings. The summed E-state index contributed by atoms with van der Waals surface area (Å²) in [6.07, 6.45) is 4.93. The van der Waals surface area contributed by atoms with Crippen molar-refractivity contribution in [3.63, 3.8) is 0 Å². The van der Waals surface area contributed by atoms with E-state index in [9.17, 15) is 9.59 Å². The molecule has 3 atom stereocenters. The number of likely N-dealkylation sites (tertiary alicyclic amines) is 1. The molecule has 0 aromatic carbocycles. The monoisotopic (exact) mass is 322 g/mol. The number of nitrogens with zero attached hydrogens (tertiary/aromatic N) is 4. The topological polar surface area (TPSA) is 97.5 Å². The van der Waals surface area contributed by atoms with Crippen LogP contribution in [0.1, 0.15) is 49.1 Å². The SMILES string of the molecule is CC1OCCCC1C(=O)N1CCCC(n2cc(C(=O)O)nn2)C1. The second-order valence-electron chi connectivity index (χ2n) is 6.29. The Morgan fingerprint density at radius 2 is 2.17 bits per heavy atom. The molecule has 0 saturated carbocycles. The van der Waals surface area contributed by atoms with E-state index in [0.29, 0.717) is 6.54 Å². The first-order chi connectivity index (χ1) is 11.1. The molecule has 126 valence electrons. The normalized spacial score (nSPS) is 28.6. The van der Waals surface area contributed by atoms with Gasteiger partial charge in [-0.3, -0.25) is 4.79 Å². The van der Waals surface area contributed by atoms with Gasteiger partial charge in [-0.2, -0.15) is 0 Å². The molecule has 3 rings (SSSR count). The third kappa shape index (κ3) is 3.36. The third-order valence-corrected chi connectivity index (χ3v) is 4.74. The minimum atomic E-state index is -1.09. The highest BCUT2D eigenvalue weighted by Crippen LogP contribution is 2.27. The largest absolute Gasteiger partial charge is 0.476 e. The van der Waals surface area contributed by atoms with Crippen molar-refractivity contribution in [2.24, 2.45) is 5.92 Å². The zero-order chi connectivity index (χ0) is 16.4. The number of carboxylic acid groups (broad SMARTS) is 1. The molecule has 1 aromatic rings. The van der Waals surface area contributed by atoms with Crippen LogP contribution in [0.4, 0.5) is 0 Å². The minimum absolute atomic E-state index is 0.0203. The molecule has 23 heavy (non-hydrogen) atoms. The summed E-state index contributed by atoms with van der Waals surface area (Å²) in [5.74, 6) is -1.03. The summed E-state index contributed by atoms with van der Waals surface area (Å²) in [4.78, 5) is 25.5. The average molecular weight is 322 g/mol. The van der Waals surface area contributed by atoms with Gasteiger partial charge in [0.15, 0.2) is 5.69 Å². The highest BCUT2D eigenvalue weighted by Gasteiger charge is 2.34. The molecule has 2 aliphatic rings. The van der Waals surface area contributed by atoms with Gasteiger partial charge in [-0.1, -0.05) is 5.21 Å². The molecule has 3 heterocycles. The molecule has 2 saturated heterocycles. The number of carboxylic acids is 1. The Morgan fingerprint density at radius 1 is 1.35 bits per heavy atom. The summed E-state index contributed by atoms with van der Waals surface area (Å²) in [5.41, 5.74) is -0.0669. The summed E-state index contributed by atoms with van der Waals surface area (Å²) in [7, 11) is 0. The first-order valence-electron chi connectivity index (χ1n) is 8.12. The quantitative estimate of drug-likeness (QED) is 0.890. The summed E-state index contributed by atoms with van der Waals surface area (Å²) in [6.45, 7) is 3.97. The third-order valence-electron chi connectivity index (χ3n) is 4.74. The zero-order valence-electron chi connectivity index (χ0n) is 13.2. The standard InChI is InChI=1S/C15H22N4O4/c1-10-12(5-3-7-23-10)14(20)18-6-2-4-11(8-18)19-9-13(15(21)22)16-17-19/h9-12H,2-8H2,1H3,(H,21,22). The highest BCUT2D eigenvalue weighted by atomic mass is 16.5. The molecule has 1 N–H and O–H groups in total. The van der Waals surface area contributed by atoms with Crippen LogP contribution in [0.2, 0.25) is 0 Å². The number of aromatic carboxylic acids is 1. The molecular formula is C15H22N4O4. The molecule has 0 spiro atoms. The number of ether oxygens (including phenoxy) is 1. The Hall–Kier alpha value is -1.96. The van der Waals surface area contributed by atoms with Crippen LogP contribution in [-0.2, 0) is 9.53 Å². The van der Waals surface area contributed by atoms with Gasteiger partial charge >= 0.3 is 5.97 Å². The molecule has 8 nitrogen and oxygen atoms in total. The molecule has 8 heteroatoms. The van der Waals surface area contributed by atoms with Crippen molar-refractivity contribution in [3.8, 4) is 0 Å². The number of rotatable bonds is 3. The van der Waals surface area contributed by atoms with Gasteiger partial charge in [0.2, 0.25) is 5.91 Å². The molecule has 0 bridgehead atoms. The van der Waals surface area contributed by atoms with Crippen LogP contribution in [0.3, 0.4) is 0 Å². The van der Waals surface area contributed by atoms with Crippen molar-refractivity contribution in [1.82, 2.24) is 19.9 Å². The predicted octanol–water partition coefficient (Wildman–Crippen LogP) is 0.955. The van der Waals surface area contributed by atoms with Crippen molar-refractivity contribution in [3.05, 3.63) is 11.9 Å². The van der Waals surface area contributed by atoms with Crippen LogP contribution < -0.4 is 0 Å². The summed E-state index contributed by atoms with van der Waals surface area (Å²) < 4.78 is 7.18. The fourth-order valence-corrected chi connectivity index (χ4v) is 3.41. The van der Waals surface area contributed by atoms with Crippen molar-refractivity contribution in [2.75, 3.05) is 19.7 Å². The summed E-state index contributed by atoms with van der Waals surface area (Å²) >= 11 is 0. The van der Waals surface area contributed by atoms with Crippen LogP contribution in [0.25, 0.3) is 0 Å². The number of amides is 1. The van der Waals surface area contributed by atoms with E-state index < -0.39 is 5.97 Å². The van der Waals surface area contributed by atoms with Gasteiger partial charge in [0.25, 0.3) is 0 Å². The average Bonchev–Trinajstić information content (AvgIpc) is 3.05. The zero-order valence-corrected chi connectivity index (χ0v) is 13.2. The Bertz CT molecular complexity index is 588. The number of carbonyl (C=O) groups is 2. The van der Waals surface area contributed by atoms with Gasteiger partial charge in [0.05, 0.1) is 24.3 Å². The second kappa shape index (κ2) is 6.66. The fourth-order valence-electron chi connectivity index (χ4n) is 3.41. The maximum atomic E-state index is 12.8. The lowest BCUT2D eigenvalue weighted by Crippen LogP contribution is -2.47. The van der Waals surface area contributed by atoms with Crippen molar-refractivity contribution < 1.29 is 19.4 Å². The van der Waals surface area contributed by atoms with Gasteiger partial charge in [-0.25, -0.2) is 9.48 Å². The van der Waals surface area contributed by atoms with Gasteiger partial charge in [-0.15, -0.1) is 5.10 Å². The van der Waals surface area contributed by atoms with Crippen molar-refractivity contribution in [1.29, 1.82) is 0 Å². The predicted molar refractivity (Wildman–Crippen MR) is 80.0 cm³/mol. The van der Waals surface area contributed by atoms with Gasteiger partial charge in [0, 0.05) is 19.7 Å². The Morgan fingerprint density at radius 3 is 2.87 bits per heavy atom. The number of carbonyl (C=O) groups excluding carboxylic acids is 1. The van der Waals surface area contributed by atoms with Crippen LogP contribution in [0, 0.1) is 5.92 Å². The van der Waals surface area contributed by atoms with Gasteiger partial charge in [-0.05, 0) is 32.6 Å². The van der Waals surface area contributed by atoms with E-state index in [-0.39, 0.29) is 29.7 Å². The van der Waals surface area contributed by atoms with Crippen molar-refractivity contribution in [2.45, 2.75) is 44.8 Å². The Labute approximate surface area is 134 Å². The smallest absolute Gasteiger partial charge is 0.358 e. The van der Waals surface area contributed by atoms with E-state index in [1.54, 1.807) is 4.68 Å². The number of piperidine rings is 1. The minimum Gasteiger partial charge on any atom is -0.476 e. The van der Waals surface area contributed by atoms with Gasteiger partial charge in [0.1, 0.15) is 0 Å². The van der Waals surface area contributed by atoms with Crippen LogP contribution in [0.15, 0.2) is 6.20 Å². The number of hydrogen-bond acceptors (Lipinski definition) is 5. The number of hydrogen-bond donors (Lipinski definition) is 1. The number of aromatic nitrogens is 3. The Kier molecular flexibility index (Phi) is 4.61. The molecule has 0 radical (unpaired) electrons. The first kappa shape index (κ1) is 15.9. The van der Waals surface area contributed by atoms with E-state index in [1.807, 2.05) is 11.8 Å². The lowest BCUT2D eigenvalue weighted by molar-refractivity contribution is -0.145. The van der Waals surface area contributed by atoms with Gasteiger partial charge < -0.3 is 14.7 Å². The highest BCUT2D eigenvalue weighted by molar-refractivity contribution is 5.84. The summed E-state index contributed by atoms with van der Waals surface area (Å²) in [6, 6.07) is -0.0203. The Balaban J connectivity index is 1.67. The fraction of sp³-hybridized carbons (Fsp3) is 0.733. The molecular weight excluding hydrogens is 300 g/mol. The maximum absolute atomic E-state index is 12.8. The summed E-state index contributed by atoms with van der Waals surface area (Å²) in [5, 5.41) is 16.5. The molecule has 1 amide bonds. The second-order valence-corrected chi connectivity index (χ2v) is 6.29. The molecule has 1 aromatic heterocycles. The van der Waals surface area contributed by atoms with Crippen LogP contribution in [0.5, 0.6) is 0 Å². The lowest BCUT2D eigenvalue weighted by atomic mass is 9.92. The van der Waals surface area contributed by atoms with Crippen LogP contribution >= 0.6 is 0 Å². The lowest BCUT2D eigenvalue weighted by Gasteiger charge is -2.37. The van der Waals surface area contributed by atoms with E-state index in [4.69, 9.17) is 9.84 Å². The maximum Gasteiger partial charge on any atom is 0.358 e. The first-order valence-corrected chi connectivity index (χ1v) is 8.12. The van der Waals surface area contributed by atoms with E-state index in [1.165, 1.54) is 6.20 Å². The molecule has 0 aliphatic carbocycles. The van der Waals surface area contributed by atoms with Crippen molar-refractivity contribution >= 4 is 11.9 Å². The van der Waals surface area contributed by atoms with Crippen LogP contribution in [-0.4, -0.2) is 62.7 Å². The molecule has 2 aliphatic heterocycles. The van der Waals surface area contributed by atoms with E-state index >= 15 is 0 Å². The molecule has 3 unspecified atom stereocenters. The van der Waals surface area contributed by atoms with E-state index in [2.05, 4.69) is 10.3 Å². The van der Waals surface area contributed by atoms with E-state index in [0.717, 1.165) is 38.8 Å².